The Labute approximate surface area is 137 Å². The molecule has 1 aromatic carbocycles. The van der Waals surface area contributed by atoms with Gasteiger partial charge in [-0.1, -0.05) is 43.0 Å². The molecule has 2 aliphatic carbocycles. The quantitative estimate of drug-likeness (QED) is 0.814. The minimum absolute atomic E-state index is 0.269. The van der Waals surface area contributed by atoms with Gasteiger partial charge in [0.25, 0.3) is 0 Å². The molecule has 1 aromatic rings. The largest absolute Gasteiger partial charge is 0.488 e. The molecule has 2 unspecified atom stereocenters. The van der Waals surface area contributed by atoms with Crippen LogP contribution in [-0.4, -0.2) is 18.7 Å². The highest BCUT2D eigenvalue weighted by Gasteiger charge is 2.57. The second kappa shape index (κ2) is 6.36. The maximum absolute atomic E-state index is 6.25. The maximum Gasteiger partial charge on any atom is 0.139 e. The average molecular weight is 328 g/mol. The first-order valence-corrected chi connectivity index (χ1v) is 8.76. The van der Waals surface area contributed by atoms with E-state index in [4.69, 9.17) is 27.9 Å². The second-order valence-corrected chi connectivity index (χ2v) is 7.21. The summed E-state index contributed by atoms with van der Waals surface area (Å²) in [6.45, 7) is 3.31. The van der Waals surface area contributed by atoms with Gasteiger partial charge in [-0.3, -0.25) is 0 Å². The zero-order valence-electron chi connectivity index (χ0n) is 12.5. The highest BCUT2D eigenvalue weighted by molar-refractivity contribution is 6.34. The lowest BCUT2D eigenvalue weighted by Crippen LogP contribution is -2.63. The van der Waals surface area contributed by atoms with Gasteiger partial charge in [-0.25, -0.2) is 0 Å². The van der Waals surface area contributed by atoms with Crippen LogP contribution in [0.1, 0.15) is 45.4 Å². The van der Waals surface area contributed by atoms with Gasteiger partial charge in [0.1, 0.15) is 11.9 Å². The Morgan fingerprint density at radius 1 is 1.29 bits per heavy atom. The van der Waals surface area contributed by atoms with Gasteiger partial charge in [-0.05, 0) is 37.9 Å². The fourth-order valence-corrected chi connectivity index (χ4v) is 4.27. The van der Waals surface area contributed by atoms with Crippen LogP contribution >= 0.6 is 23.2 Å². The zero-order valence-corrected chi connectivity index (χ0v) is 14.0. The SMILES string of the molecule is CCCNC1CC(Oc2cc(Cl)ccc2Cl)C12CCCC2. The Morgan fingerprint density at radius 2 is 2.05 bits per heavy atom. The first kappa shape index (κ1) is 15.5. The van der Waals surface area contributed by atoms with Gasteiger partial charge in [0.15, 0.2) is 0 Å². The first-order chi connectivity index (χ1) is 10.2. The molecule has 4 heteroatoms. The summed E-state index contributed by atoms with van der Waals surface area (Å²) in [7, 11) is 0. The summed E-state index contributed by atoms with van der Waals surface area (Å²) in [6, 6.07) is 6.04. The van der Waals surface area contributed by atoms with Crippen LogP contribution in [-0.2, 0) is 0 Å². The number of hydrogen-bond donors (Lipinski definition) is 1. The van der Waals surface area contributed by atoms with E-state index in [1.54, 1.807) is 6.07 Å². The number of nitrogens with one attached hydrogen (secondary N) is 1. The molecular weight excluding hydrogens is 305 g/mol. The van der Waals surface area contributed by atoms with E-state index < -0.39 is 0 Å². The van der Waals surface area contributed by atoms with Crippen molar-refractivity contribution in [2.24, 2.45) is 5.41 Å². The molecule has 0 aromatic heterocycles. The molecule has 1 N–H and O–H groups in total. The second-order valence-electron chi connectivity index (χ2n) is 6.36. The van der Waals surface area contributed by atoms with E-state index in [-0.39, 0.29) is 6.10 Å². The first-order valence-electron chi connectivity index (χ1n) is 8.01. The molecule has 2 saturated carbocycles. The predicted molar refractivity (Wildman–Crippen MR) is 88.5 cm³/mol. The minimum atomic E-state index is 0.269. The van der Waals surface area contributed by atoms with Gasteiger partial charge in [0.2, 0.25) is 0 Å². The van der Waals surface area contributed by atoms with Crippen LogP contribution in [0.3, 0.4) is 0 Å². The topological polar surface area (TPSA) is 21.3 Å². The van der Waals surface area contributed by atoms with E-state index >= 15 is 0 Å². The summed E-state index contributed by atoms with van der Waals surface area (Å²) in [5.74, 6) is 0.731. The van der Waals surface area contributed by atoms with Crippen molar-refractivity contribution in [2.45, 2.75) is 57.6 Å². The van der Waals surface area contributed by atoms with Gasteiger partial charge in [-0.15, -0.1) is 0 Å². The van der Waals surface area contributed by atoms with Gasteiger partial charge in [0, 0.05) is 29.0 Å². The summed E-state index contributed by atoms with van der Waals surface area (Å²) < 4.78 is 6.25. The van der Waals surface area contributed by atoms with Gasteiger partial charge >= 0.3 is 0 Å². The molecule has 2 fully saturated rings. The lowest BCUT2D eigenvalue weighted by atomic mass is 9.60. The van der Waals surface area contributed by atoms with E-state index in [9.17, 15) is 0 Å². The lowest BCUT2D eigenvalue weighted by molar-refractivity contribution is -0.0759. The third kappa shape index (κ3) is 2.91. The van der Waals surface area contributed by atoms with Crippen molar-refractivity contribution in [3.05, 3.63) is 28.2 Å². The Hall–Kier alpha value is -0.440. The Balaban J connectivity index is 1.72. The summed E-state index contributed by atoms with van der Waals surface area (Å²) in [6.07, 6.45) is 7.67. The average Bonchev–Trinajstić information content (AvgIpc) is 2.98. The van der Waals surface area contributed by atoms with Crippen LogP contribution in [0.2, 0.25) is 10.0 Å². The van der Waals surface area contributed by atoms with Crippen molar-refractivity contribution in [3.8, 4) is 5.75 Å². The number of halogens is 2. The fraction of sp³-hybridized carbons (Fsp3) is 0.647. The highest BCUT2D eigenvalue weighted by atomic mass is 35.5. The molecule has 2 aliphatic rings. The fourth-order valence-electron chi connectivity index (χ4n) is 3.94. The van der Waals surface area contributed by atoms with E-state index in [0.29, 0.717) is 21.5 Å². The number of hydrogen-bond acceptors (Lipinski definition) is 2. The van der Waals surface area contributed by atoms with Gasteiger partial charge in [0.05, 0.1) is 5.02 Å². The molecule has 0 bridgehead atoms. The van der Waals surface area contributed by atoms with Crippen LogP contribution in [0.15, 0.2) is 18.2 Å². The van der Waals surface area contributed by atoms with Crippen LogP contribution in [0.4, 0.5) is 0 Å². The monoisotopic (exact) mass is 327 g/mol. The minimum Gasteiger partial charge on any atom is -0.488 e. The number of ether oxygens (including phenoxy) is 1. The van der Waals surface area contributed by atoms with Crippen molar-refractivity contribution >= 4 is 23.2 Å². The zero-order chi connectivity index (χ0) is 14.9. The molecule has 2 atom stereocenters. The number of rotatable bonds is 5. The van der Waals surface area contributed by atoms with Crippen molar-refractivity contribution in [2.75, 3.05) is 6.54 Å². The number of benzene rings is 1. The molecule has 21 heavy (non-hydrogen) atoms. The maximum atomic E-state index is 6.25. The summed E-state index contributed by atoms with van der Waals surface area (Å²) in [5, 5.41) is 5.03. The highest BCUT2D eigenvalue weighted by Crippen LogP contribution is 2.55. The van der Waals surface area contributed by atoms with E-state index in [2.05, 4.69) is 12.2 Å². The van der Waals surface area contributed by atoms with Gasteiger partial charge < -0.3 is 10.1 Å². The summed E-state index contributed by atoms with van der Waals surface area (Å²) in [5.41, 5.74) is 0.306. The standard InChI is InChI=1S/C17H23Cl2NO/c1-2-9-20-15-11-16(17(15)7-3-4-8-17)21-14-10-12(18)5-6-13(14)19/h5-6,10,15-16,20H,2-4,7-9,11H2,1H3. The van der Waals surface area contributed by atoms with Crippen LogP contribution in [0, 0.1) is 5.41 Å². The molecule has 116 valence electrons. The third-order valence-corrected chi connectivity index (χ3v) is 5.67. The molecule has 2 nitrogen and oxygen atoms in total. The van der Waals surface area contributed by atoms with Crippen LogP contribution in [0.5, 0.6) is 5.75 Å². The van der Waals surface area contributed by atoms with Gasteiger partial charge in [-0.2, -0.15) is 0 Å². The molecule has 0 aliphatic heterocycles. The Bertz CT molecular complexity index is 500. The predicted octanol–water partition coefficient (Wildman–Crippen LogP) is 5.07. The summed E-state index contributed by atoms with van der Waals surface area (Å²) in [4.78, 5) is 0. The van der Waals surface area contributed by atoms with Crippen molar-refractivity contribution < 1.29 is 4.74 Å². The molecule has 0 radical (unpaired) electrons. The van der Waals surface area contributed by atoms with E-state index in [0.717, 1.165) is 18.7 Å². The third-order valence-electron chi connectivity index (χ3n) is 5.12. The molecule has 0 amide bonds. The Kier molecular flexibility index (Phi) is 4.68. The van der Waals surface area contributed by atoms with Crippen molar-refractivity contribution in [1.29, 1.82) is 0 Å². The van der Waals surface area contributed by atoms with Crippen molar-refractivity contribution in [3.63, 3.8) is 0 Å². The van der Waals surface area contributed by atoms with Crippen LogP contribution in [0.25, 0.3) is 0 Å². The van der Waals surface area contributed by atoms with Crippen molar-refractivity contribution in [1.82, 2.24) is 5.32 Å². The van der Waals surface area contributed by atoms with Crippen LogP contribution < -0.4 is 10.1 Å². The molecular formula is C17H23Cl2NO. The Morgan fingerprint density at radius 3 is 2.76 bits per heavy atom. The molecule has 3 rings (SSSR count). The van der Waals surface area contributed by atoms with E-state index in [1.165, 1.54) is 32.1 Å². The molecule has 1 spiro atoms. The normalized spacial score (nSPS) is 26.8. The molecule has 0 saturated heterocycles. The molecule has 0 heterocycles. The smallest absolute Gasteiger partial charge is 0.139 e. The summed E-state index contributed by atoms with van der Waals surface area (Å²) >= 11 is 12.3. The lowest BCUT2D eigenvalue weighted by Gasteiger charge is -2.54. The van der Waals surface area contributed by atoms with E-state index in [1.807, 2.05) is 12.1 Å².